The van der Waals surface area contributed by atoms with Crippen molar-refractivity contribution >= 4 is 11.6 Å². The average Bonchev–Trinajstić information content (AvgIpc) is 3.04. The van der Waals surface area contributed by atoms with E-state index in [1.165, 1.54) is 0 Å². The molecule has 0 bridgehead atoms. The Bertz CT molecular complexity index is 690. The van der Waals surface area contributed by atoms with Gasteiger partial charge in [0, 0.05) is 37.1 Å². The smallest absolute Gasteiger partial charge is 0.243 e. The number of carbonyl (C=O) groups is 1. The van der Waals surface area contributed by atoms with Crippen LogP contribution in [0.15, 0.2) is 36.7 Å². The van der Waals surface area contributed by atoms with Gasteiger partial charge in [0.15, 0.2) is 0 Å². The number of morpholine rings is 1. The van der Waals surface area contributed by atoms with E-state index in [1.54, 1.807) is 0 Å². The molecule has 1 fully saturated rings. The van der Waals surface area contributed by atoms with Crippen molar-refractivity contribution in [2.45, 2.75) is 32.4 Å². The summed E-state index contributed by atoms with van der Waals surface area (Å²) in [6, 6.07) is 7.64. The van der Waals surface area contributed by atoms with Crippen LogP contribution in [-0.2, 0) is 16.1 Å². The van der Waals surface area contributed by atoms with E-state index in [-0.39, 0.29) is 11.9 Å². The molecule has 1 aliphatic rings. The zero-order valence-electron chi connectivity index (χ0n) is 14.2. The third-order valence-corrected chi connectivity index (χ3v) is 4.05. The highest BCUT2D eigenvalue weighted by molar-refractivity contribution is 5.95. The van der Waals surface area contributed by atoms with Gasteiger partial charge in [-0.25, -0.2) is 4.98 Å². The summed E-state index contributed by atoms with van der Waals surface area (Å²) in [5.41, 5.74) is 1.93. The maximum atomic E-state index is 12.3. The van der Waals surface area contributed by atoms with E-state index >= 15 is 0 Å². The SMILES string of the molecule is CC(C)c1nccn1Cc1cccc(NC(=O)C2COCCN2)c1. The number of carbonyl (C=O) groups excluding carboxylic acids is 1. The van der Waals surface area contributed by atoms with Crippen molar-refractivity contribution in [3.8, 4) is 0 Å². The molecular formula is C18H24N4O2. The molecule has 3 rings (SSSR count). The van der Waals surface area contributed by atoms with Gasteiger partial charge in [-0.05, 0) is 17.7 Å². The highest BCUT2D eigenvalue weighted by atomic mass is 16.5. The van der Waals surface area contributed by atoms with Crippen LogP contribution in [0, 0.1) is 0 Å². The molecule has 1 aromatic heterocycles. The highest BCUT2D eigenvalue weighted by Crippen LogP contribution is 2.16. The minimum absolute atomic E-state index is 0.0580. The van der Waals surface area contributed by atoms with Crippen molar-refractivity contribution in [2.75, 3.05) is 25.1 Å². The Morgan fingerprint density at radius 1 is 1.50 bits per heavy atom. The van der Waals surface area contributed by atoms with E-state index < -0.39 is 0 Å². The number of nitrogens with zero attached hydrogens (tertiary/aromatic N) is 2. The van der Waals surface area contributed by atoms with Gasteiger partial charge >= 0.3 is 0 Å². The first-order valence-electron chi connectivity index (χ1n) is 8.35. The van der Waals surface area contributed by atoms with E-state index in [1.807, 2.05) is 30.6 Å². The number of benzene rings is 1. The van der Waals surface area contributed by atoms with Crippen LogP contribution in [0.1, 0.15) is 31.2 Å². The van der Waals surface area contributed by atoms with Crippen molar-refractivity contribution in [2.24, 2.45) is 0 Å². The summed E-state index contributed by atoms with van der Waals surface area (Å²) in [7, 11) is 0. The van der Waals surface area contributed by atoms with E-state index in [9.17, 15) is 4.79 Å². The molecule has 1 atom stereocenters. The number of anilines is 1. The predicted molar refractivity (Wildman–Crippen MR) is 93.1 cm³/mol. The summed E-state index contributed by atoms with van der Waals surface area (Å²) in [5.74, 6) is 1.38. The first kappa shape index (κ1) is 16.7. The van der Waals surface area contributed by atoms with Crippen molar-refractivity contribution in [3.05, 3.63) is 48.0 Å². The Morgan fingerprint density at radius 2 is 2.38 bits per heavy atom. The van der Waals surface area contributed by atoms with Crippen molar-refractivity contribution in [3.63, 3.8) is 0 Å². The van der Waals surface area contributed by atoms with Gasteiger partial charge in [-0.3, -0.25) is 4.79 Å². The molecule has 2 heterocycles. The minimum atomic E-state index is -0.288. The molecule has 128 valence electrons. The quantitative estimate of drug-likeness (QED) is 0.881. The Balaban J connectivity index is 1.67. The molecule has 1 aromatic carbocycles. The second-order valence-electron chi connectivity index (χ2n) is 6.34. The normalized spacial score (nSPS) is 17.9. The largest absolute Gasteiger partial charge is 0.378 e. The molecule has 2 N–H and O–H groups in total. The van der Waals surface area contributed by atoms with E-state index in [4.69, 9.17) is 4.74 Å². The monoisotopic (exact) mass is 328 g/mol. The zero-order valence-corrected chi connectivity index (χ0v) is 14.2. The molecule has 6 heteroatoms. The molecule has 0 spiro atoms. The molecule has 1 unspecified atom stereocenters. The Kier molecular flexibility index (Phi) is 5.27. The van der Waals surface area contributed by atoms with Crippen molar-refractivity contribution in [1.29, 1.82) is 0 Å². The summed E-state index contributed by atoms with van der Waals surface area (Å²) >= 11 is 0. The molecule has 1 amide bonds. The lowest BCUT2D eigenvalue weighted by Gasteiger charge is -2.23. The van der Waals surface area contributed by atoms with Gasteiger partial charge in [-0.1, -0.05) is 26.0 Å². The highest BCUT2D eigenvalue weighted by Gasteiger charge is 2.21. The first-order valence-corrected chi connectivity index (χ1v) is 8.35. The number of hydrogen-bond acceptors (Lipinski definition) is 4. The molecule has 0 saturated carbocycles. The van der Waals surface area contributed by atoms with Crippen LogP contribution in [0.2, 0.25) is 0 Å². The number of aromatic nitrogens is 2. The summed E-state index contributed by atoms with van der Waals surface area (Å²) in [5, 5.41) is 6.12. The van der Waals surface area contributed by atoms with Gasteiger partial charge in [0.2, 0.25) is 5.91 Å². The Morgan fingerprint density at radius 3 is 3.12 bits per heavy atom. The topological polar surface area (TPSA) is 68.2 Å². The van der Waals surface area contributed by atoms with E-state index in [0.29, 0.717) is 25.7 Å². The second kappa shape index (κ2) is 7.59. The van der Waals surface area contributed by atoms with Crippen LogP contribution < -0.4 is 10.6 Å². The number of nitrogens with one attached hydrogen (secondary N) is 2. The summed E-state index contributed by atoms with van der Waals surface area (Å²) in [4.78, 5) is 16.7. The number of hydrogen-bond donors (Lipinski definition) is 2. The fourth-order valence-electron chi connectivity index (χ4n) is 2.86. The van der Waals surface area contributed by atoms with Gasteiger partial charge in [-0.2, -0.15) is 0 Å². The third-order valence-electron chi connectivity index (χ3n) is 4.05. The lowest BCUT2D eigenvalue weighted by Crippen LogP contribution is -2.48. The fraction of sp³-hybridized carbons (Fsp3) is 0.444. The van der Waals surface area contributed by atoms with E-state index in [2.05, 4.69) is 40.1 Å². The van der Waals surface area contributed by atoms with Crippen LogP contribution in [0.4, 0.5) is 5.69 Å². The summed E-state index contributed by atoms with van der Waals surface area (Å²) in [6.45, 7) is 6.78. The van der Waals surface area contributed by atoms with E-state index in [0.717, 1.165) is 23.6 Å². The third kappa shape index (κ3) is 4.01. The average molecular weight is 328 g/mol. The maximum absolute atomic E-state index is 12.3. The molecule has 1 aliphatic heterocycles. The van der Waals surface area contributed by atoms with Crippen LogP contribution in [0.3, 0.4) is 0 Å². The van der Waals surface area contributed by atoms with Gasteiger partial charge in [0.25, 0.3) is 0 Å². The first-order chi connectivity index (χ1) is 11.6. The molecule has 1 saturated heterocycles. The maximum Gasteiger partial charge on any atom is 0.243 e. The van der Waals surface area contributed by atoms with Crippen LogP contribution in [0.25, 0.3) is 0 Å². The van der Waals surface area contributed by atoms with Gasteiger partial charge < -0.3 is 19.9 Å². The number of imidazole rings is 1. The van der Waals surface area contributed by atoms with Gasteiger partial charge in [-0.15, -0.1) is 0 Å². The molecule has 0 radical (unpaired) electrons. The lowest BCUT2D eigenvalue weighted by atomic mass is 10.1. The minimum Gasteiger partial charge on any atom is -0.378 e. The summed E-state index contributed by atoms with van der Waals surface area (Å²) < 4.78 is 7.48. The predicted octanol–water partition coefficient (Wildman–Crippen LogP) is 1.98. The lowest BCUT2D eigenvalue weighted by molar-refractivity contribution is -0.120. The fourth-order valence-corrected chi connectivity index (χ4v) is 2.86. The molecule has 24 heavy (non-hydrogen) atoms. The van der Waals surface area contributed by atoms with Crippen molar-refractivity contribution in [1.82, 2.24) is 14.9 Å². The van der Waals surface area contributed by atoms with Crippen LogP contribution in [-0.4, -0.2) is 41.3 Å². The molecular weight excluding hydrogens is 304 g/mol. The number of ether oxygens (including phenoxy) is 1. The standard InChI is InChI=1S/C18H24N4O2/c1-13(2)17-20-6-8-22(17)11-14-4-3-5-15(10-14)21-18(23)16-12-24-9-7-19-16/h3-6,8,10,13,16,19H,7,9,11-12H2,1-2H3,(H,21,23). The number of amides is 1. The van der Waals surface area contributed by atoms with Crippen LogP contribution in [0.5, 0.6) is 0 Å². The van der Waals surface area contributed by atoms with Gasteiger partial charge in [0.05, 0.1) is 13.2 Å². The molecule has 2 aromatic rings. The van der Waals surface area contributed by atoms with Crippen molar-refractivity contribution < 1.29 is 9.53 Å². The summed E-state index contributed by atoms with van der Waals surface area (Å²) in [6.07, 6.45) is 3.82. The number of rotatable bonds is 5. The molecule has 0 aliphatic carbocycles. The Hall–Kier alpha value is -2.18. The zero-order chi connectivity index (χ0) is 16.9. The van der Waals surface area contributed by atoms with Crippen LogP contribution >= 0.6 is 0 Å². The second-order valence-corrected chi connectivity index (χ2v) is 6.34. The van der Waals surface area contributed by atoms with Gasteiger partial charge in [0.1, 0.15) is 11.9 Å². The molecule has 6 nitrogen and oxygen atoms in total. The Labute approximate surface area is 142 Å².